The van der Waals surface area contributed by atoms with E-state index in [1.54, 1.807) is 11.0 Å². The Morgan fingerprint density at radius 2 is 1.94 bits per heavy atom. The first-order valence-electron chi connectivity index (χ1n) is 5.45. The van der Waals surface area contributed by atoms with Crippen molar-refractivity contribution in [3.05, 3.63) is 50.6 Å². The van der Waals surface area contributed by atoms with Gasteiger partial charge >= 0.3 is 0 Å². The first kappa shape index (κ1) is 13.4. The molecule has 0 saturated heterocycles. The predicted octanol–water partition coefficient (Wildman–Crippen LogP) is 4.72. The van der Waals surface area contributed by atoms with E-state index in [9.17, 15) is 4.79 Å². The number of hydrogen-bond acceptors (Lipinski definition) is 2. The molecule has 18 heavy (non-hydrogen) atoms. The maximum atomic E-state index is 12.4. The zero-order chi connectivity index (χ0) is 13.1. The second kappa shape index (κ2) is 5.74. The Morgan fingerprint density at radius 3 is 2.44 bits per heavy atom. The highest BCUT2D eigenvalue weighted by atomic mass is 35.5. The summed E-state index contributed by atoms with van der Waals surface area (Å²) < 4.78 is 0.951. The molecule has 1 aromatic carbocycles. The highest BCUT2D eigenvalue weighted by Crippen LogP contribution is 2.32. The number of carbonyl (C=O) groups is 1. The van der Waals surface area contributed by atoms with E-state index in [1.807, 2.05) is 37.3 Å². The lowest BCUT2D eigenvalue weighted by molar-refractivity contribution is 0.0989. The number of para-hydroxylation sites is 1. The molecular weight excluding hydrogens is 289 g/mol. The molecule has 0 aliphatic heterocycles. The van der Waals surface area contributed by atoms with E-state index in [2.05, 4.69) is 0 Å². The summed E-state index contributed by atoms with van der Waals surface area (Å²) in [5.74, 6) is -0.128. The molecule has 0 bridgehead atoms. The number of thiophene rings is 1. The summed E-state index contributed by atoms with van der Waals surface area (Å²) >= 11 is 13.1. The van der Waals surface area contributed by atoms with Gasteiger partial charge in [-0.05, 0) is 25.1 Å². The van der Waals surface area contributed by atoms with E-state index in [1.165, 1.54) is 11.3 Å². The number of carbonyl (C=O) groups excluding carboxylic acids is 1. The first-order chi connectivity index (χ1) is 8.63. The Kier molecular flexibility index (Phi) is 4.27. The van der Waals surface area contributed by atoms with Crippen LogP contribution in [0.2, 0.25) is 8.67 Å². The molecule has 0 aliphatic rings. The minimum Gasteiger partial charge on any atom is -0.309 e. The molecule has 0 aliphatic carbocycles. The Morgan fingerprint density at radius 1 is 1.28 bits per heavy atom. The smallest absolute Gasteiger partial charge is 0.260 e. The van der Waals surface area contributed by atoms with Crippen LogP contribution in [0.15, 0.2) is 36.4 Å². The van der Waals surface area contributed by atoms with Crippen LogP contribution in [0.4, 0.5) is 5.69 Å². The number of rotatable bonds is 3. The summed E-state index contributed by atoms with van der Waals surface area (Å²) in [6.07, 6.45) is 0. The van der Waals surface area contributed by atoms with Crippen molar-refractivity contribution >= 4 is 46.1 Å². The molecular formula is C13H11Cl2NOS. The lowest BCUT2D eigenvalue weighted by Crippen LogP contribution is -2.30. The number of amides is 1. The first-order valence-corrected chi connectivity index (χ1v) is 7.02. The molecule has 0 saturated carbocycles. The fraction of sp³-hybridized carbons (Fsp3) is 0.154. The molecule has 0 N–H and O–H groups in total. The fourth-order valence-electron chi connectivity index (χ4n) is 1.68. The van der Waals surface area contributed by atoms with Crippen LogP contribution in [0.25, 0.3) is 0 Å². The molecule has 2 aromatic rings. The quantitative estimate of drug-likeness (QED) is 0.803. The zero-order valence-corrected chi connectivity index (χ0v) is 12.0. The third-order valence-corrected chi connectivity index (χ3v) is 4.00. The molecule has 1 aromatic heterocycles. The molecule has 0 radical (unpaired) electrons. The standard InChI is InChI=1S/C13H11Cl2NOS/c1-2-16(9-6-4-3-5-7-9)13(17)10-8-11(14)18-12(10)15/h3-8H,2H2,1H3. The molecule has 0 spiro atoms. The van der Waals surface area contributed by atoms with Gasteiger partial charge in [0.2, 0.25) is 0 Å². The fourth-order valence-corrected chi connectivity index (χ4v) is 3.13. The van der Waals surface area contributed by atoms with Crippen LogP contribution in [0.3, 0.4) is 0 Å². The van der Waals surface area contributed by atoms with Gasteiger partial charge in [0.05, 0.1) is 9.90 Å². The Bertz CT molecular complexity index is 553. The maximum absolute atomic E-state index is 12.4. The third-order valence-electron chi connectivity index (χ3n) is 2.52. The molecule has 0 atom stereocenters. The van der Waals surface area contributed by atoms with E-state index in [0.29, 0.717) is 20.8 Å². The van der Waals surface area contributed by atoms with Gasteiger partial charge < -0.3 is 4.90 Å². The van der Waals surface area contributed by atoms with Crippen LogP contribution in [0.5, 0.6) is 0 Å². The molecule has 2 nitrogen and oxygen atoms in total. The van der Waals surface area contributed by atoms with Crippen LogP contribution in [0.1, 0.15) is 17.3 Å². The maximum Gasteiger partial charge on any atom is 0.260 e. The van der Waals surface area contributed by atoms with Gasteiger partial charge in [0, 0.05) is 12.2 Å². The summed E-state index contributed by atoms with van der Waals surface area (Å²) in [7, 11) is 0. The van der Waals surface area contributed by atoms with Crippen LogP contribution >= 0.6 is 34.5 Å². The molecule has 0 fully saturated rings. The Balaban J connectivity index is 2.34. The van der Waals surface area contributed by atoms with Crippen LogP contribution < -0.4 is 4.90 Å². The Hall–Kier alpha value is -1.03. The zero-order valence-electron chi connectivity index (χ0n) is 9.69. The van der Waals surface area contributed by atoms with Crippen molar-refractivity contribution in [1.82, 2.24) is 0 Å². The van der Waals surface area contributed by atoms with Gasteiger partial charge in [-0.15, -0.1) is 11.3 Å². The van der Waals surface area contributed by atoms with Gasteiger partial charge in [-0.25, -0.2) is 0 Å². The normalized spacial score (nSPS) is 10.4. The second-order valence-electron chi connectivity index (χ2n) is 3.62. The van der Waals surface area contributed by atoms with Gasteiger partial charge in [0.15, 0.2) is 0 Å². The van der Waals surface area contributed by atoms with Gasteiger partial charge in [-0.2, -0.15) is 0 Å². The van der Waals surface area contributed by atoms with Crippen molar-refractivity contribution < 1.29 is 4.79 Å². The molecule has 94 valence electrons. The van der Waals surface area contributed by atoms with Crippen molar-refractivity contribution in [2.45, 2.75) is 6.92 Å². The lowest BCUT2D eigenvalue weighted by Gasteiger charge is -2.20. The molecule has 0 unspecified atom stereocenters. The van der Waals surface area contributed by atoms with Gasteiger partial charge in [-0.1, -0.05) is 41.4 Å². The van der Waals surface area contributed by atoms with E-state index in [-0.39, 0.29) is 5.91 Å². The van der Waals surface area contributed by atoms with Crippen LogP contribution in [-0.2, 0) is 0 Å². The molecule has 1 heterocycles. The third kappa shape index (κ3) is 2.69. The minimum absolute atomic E-state index is 0.128. The summed E-state index contributed by atoms with van der Waals surface area (Å²) in [5, 5.41) is 0. The van der Waals surface area contributed by atoms with E-state index >= 15 is 0 Å². The summed E-state index contributed by atoms with van der Waals surface area (Å²) in [5.41, 5.74) is 1.31. The molecule has 5 heteroatoms. The van der Waals surface area contributed by atoms with E-state index in [0.717, 1.165) is 5.69 Å². The SMILES string of the molecule is CCN(C(=O)c1cc(Cl)sc1Cl)c1ccccc1. The highest BCUT2D eigenvalue weighted by molar-refractivity contribution is 7.20. The number of nitrogens with zero attached hydrogens (tertiary/aromatic N) is 1. The monoisotopic (exact) mass is 299 g/mol. The van der Waals surface area contributed by atoms with Gasteiger partial charge in [-0.3, -0.25) is 4.79 Å². The van der Waals surface area contributed by atoms with Crippen molar-refractivity contribution in [3.8, 4) is 0 Å². The number of benzene rings is 1. The summed E-state index contributed by atoms with van der Waals surface area (Å²) in [6.45, 7) is 2.50. The summed E-state index contributed by atoms with van der Waals surface area (Å²) in [6, 6.07) is 11.1. The highest BCUT2D eigenvalue weighted by Gasteiger charge is 2.20. The number of anilines is 1. The van der Waals surface area contributed by atoms with Crippen LogP contribution in [-0.4, -0.2) is 12.5 Å². The van der Waals surface area contributed by atoms with Gasteiger partial charge in [0.25, 0.3) is 5.91 Å². The average Bonchev–Trinajstić information content (AvgIpc) is 2.70. The van der Waals surface area contributed by atoms with E-state index < -0.39 is 0 Å². The number of halogens is 2. The average molecular weight is 300 g/mol. The topological polar surface area (TPSA) is 20.3 Å². The predicted molar refractivity (Wildman–Crippen MR) is 78.1 cm³/mol. The lowest BCUT2D eigenvalue weighted by atomic mass is 10.2. The van der Waals surface area contributed by atoms with E-state index in [4.69, 9.17) is 23.2 Å². The molecule has 1 amide bonds. The van der Waals surface area contributed by atoms with Gasteiger partial charge in [0.1, 0.15) is 4.34 Å². The van der Waals surface area contributed by atoms with Crippen LogP contribution in [0, 0.1) is 0 Å². The molecule has 2 rings (SSSR count). The minimum atomic E-state index is -0.128. The van der Waals surface area contributed by atoms with Crippen molar-refractivity contribution in [1.29, 1.82) is 0 Å². The second-order valence-corrected chi connectivity index (χ2v) is 5.91. The van der Waals surface area contributed by atoms with Crippen molar-refractivity contribution in [3.63, 3.8) is 0 Å². The largest absolute Gasteiger partial charge is 0.309 e. The number of hydrogen-bond donors (Lipinski definition) is 0. The van der Waals surface area contributed by atoms with Crippen molar-refractivity contribution in [2.24, 2.45) is 0 Å². The Labute approximate surface area is 120 Å². The summed E-state index contributed by atoms with van der Waals surface area (Å²) in [4.78, 5) is 14.1. The van der Waals surface area contributed by atoms with Crippen molar-refractivity contribution in [2.75, 3.05) is 11.4 Å².